The summed E-state index contributed by atoms with van der Waals surface area (Å²) in [6, 6.07) is 5.67. The van der Waals surface area contributed by atoms with E-state index in [1.807, 2.05) is 25.1 Å². The molecule has 2 rings (SSSR count). The predicted octanol–water partition coefficient (Wildman–Crippen LogP) is 3.27. The fourth-order valence-electron chi connectivity index (χ4n) is 3.08. The summed E-state index contributed by atoms with van der Waals surface area (Å²) in [5.74, 6) is 1.47. The van der Waals surface area contributed by atoms with Crippen LogP contribution in [0.25, 0.3) is 0 Å². The van der Waals surface area contributed by atoms with Crippen molar-refractivity contribution in [3.8, 4) is 5.75 Å². The third-order valence-electron chi connectivity index (χ3n) is 4.34. The van der Waals surface area contributed by atoms with Crippen molar-refractivity contribution in [2.45, 2.75) is 32.6 Å². The number of rotatable bonds is 7. The zero-order chi connectivity index (χ0) is 16.7. The van der Waals surface area contributed by atoms with Gasteiger partial charge >= 0.3 is 0 Å². The van der Waals surface area contributed by atoms with Crippen LogP contribution in [-0.2, 0) is 4.79 Å². The van der Waals surface area contributed by atoms with Gasteiger partial charge in [-0.25, -0.2) is 0 Å². The molecule has 1 aliphatic rings. The highest BCUT2D eigenvalue weighted by molar-refractivity contribution is 6.32. The highest BCUT2D eigenvalue weighted by Gasteiger charge is 2.17. The molecule has 1 unspecified atom stereocenters. The maximum atomic E-state index is 11.9. The van der Waals surface area contributed by atoms with E-state index in [1.54, 1.807) is 0 Å². The molecule has 1 atom stereocenters. The van der Waals surface area contributed by atoms with Gasteiger partial charge in [-0.2, -0.15) is 0 Å². The van der Waals surface area contributed by atoms with Gasteiger partial charge in [-0.1, -0.05) is 23.7 Å². The first-order valence-corrected chi connectivity index (χ1v) is 8.77. The molecule has 0 radical (unpaired) electrons. The second-order valence-electron chi connectivity index (χ2n) is 6.39. The lowest BCUT2D eigenvalue weighted by atomic mass is 9.93. The Balaban J connectivity index is 1.61. The molecule has 1 N–H and O–H groups in total. The summed E-state index contributed by atoms with van der Waals surface area (Å²) in [5.41, 5.74) is 1.00. The molecule has 1 aliphatic heterocycles. The molecule has 0 spiro atoms. The van der Waals surface area contributed by atoms with Crippen LogP contribution < -0.4 is 10.1 Å². The third kappa shape index (κ3) is 6.04. The first-order valence-electron chi connectivity index (χ1n) is 8.39. The normalized spacial score (nSPS) is 18.7. The number of nitrogens with zero attached hydrogens (tertiary/aromatic N) is 1. The average molecular weight is 339 g/mol. The zero-order valence-electron chi connectivity index (χ0n) is 14.1. The molecule has 1 saturated heterocycles. The van der Waals surface area contributed by atoms with Gasteiger partial charge in [0.15, 0.2) is 0 Å². The van der Waals surface area contributed by atoms with Crippen molar-refractivity contribution >= 4 is 17.5 Å². The number of amides is 1. The number of benzene rings is 1. The minimum atomic E-state index is 0.109. The Labute approximate surface area is 144 Å². The first-order chi connectivity index (χ1) is 11.1. The van der Waals surface area contributed by atoms with E-state index in [4.69, 9.17) is 16.3 Å². The fourth-order valence-corrected chi connectivity index (χ4v) is 3.35. The van der Waals surface area contributed by atoms with Gasteiger partial charge in [0.2, 0.25) is 5.91 Å². The second kappa shape index (κ2) is 9.14. The van der Waals surface area contributed by atoms with Crippen LogP contribution in [0.15, 0.2) is 18.2 Å². The van der Waals surface area contributed by atoms with Crippen molar-refractivity contribution in [2.75, 3.05) is 33.3 Å². The molecule has 0 aliphatic carbocycles. The quantitative estimate of drug-likeness (QED) is 0.776. The number of likely N-dealkylation sites (tertiary alicyclic amines) is 1. The highest BCUT2D eigenvalue weighted by atomic mass is 35.5. The van der Waals surface area contributed by atoms with Gasteiger partial charge in [-0.05, 0) is 57.3 Å². The molecule has 128 valence electrons. The summed E-state index contributed by atoms with van der Waals surface area (Å²) in [4.78, 5) is 14.3. The van der Waals surface area contributed by atoms with Gasteiger partial charge in [0.1, 0.15) is 12.4 Å². The minimum absolute atomic E-state index is 0.109. The summed E-state index contributed by atoms with van der Waals surface area (Å²) < 4.78 is 5.67. The monoisotopic (exact) mass is 338 g/mol. The molecule has 0 aromatic heterocycles. The van der Waals surface area contributed by atoms with Crippen molar-refractivity contribution in [3.63, 3.8) is 0 Å². The van der Waals surface area contributed by atoms with Crippen molar-refractivity contribution in [2.24, 2.45) is 5.92 Å². The van der Waals surface area contributed by atoms with Crippen LogP contribution in [-0.4, -0.2) is 44.1 Å². The Morgan fingerprint density at radius 3 is 3.04 bits per heavy atom. The van der Waals surface area contributed by atoms with E-state index >= 15 is 0 Å². The molecule has 1 aromatic carbocycles. The smallest absolute Gasteiger partial charge is 0.220 e. The lowest BCUT2D eigenvalue weighted by Gasteiger charge is -2.29. The third-order valence-corrected chi connectivity index (χ3v) is 4.63. The Bertz CT molecular complexity index is 501. The van der Waals surface area contributed by atoms with Crippen LogP contribution in [0.4, 0.5) is 0 Å². The van der Waals surface area contributed by atoms with Crippen molar-refractivity contribution < 1.29 is 9.53 Å². The maximum Gasteiger partial charge on any atom is 0.220 e. The molecular formula is C18H27ClN2O2. The lowest BCUT2D eigenvalue weighted by molar-refractivity contribution is -0.121. The van der Waals surface area contributed by atoms with E-state index in [0.717, 1.165) is 18.5 Å². The Hall–Kier alpha value is -1.26. The Kier molecular flexibility index (Phi) is 7.18. The van der Waals surface area contributed by atoms with Crippen LogP contribution in [0.5, 0.6) is 5.75 Å². The van der Waals surface area contributed by atoms with Gasteiger partial charge in [0.25, 0.3) is 0 Å². The maximum absolute atomic E-state index is 11.9. The topological polar surface area (TPSA) is 41.6 Å². The number of carbonyl (C=O) groups excluding carboxylic acids is 1. The first kappa shape index (κ1) is 18.1. The van der Waals surface area contributed by atoms with Gasteiger partial charge in [0.05, 0.1) is 11.6 Å². The largest absolute Gasteiger partial charge is 0.490 e. The lowest BCUT2D eigenvalue weighted by Crippen LogP contribution is -2.33. The van der Waals surface area contributed by atoms with Crippen molar-refractivity contribution in [1.82, 2.24) is 10.2 Å². The van der Waals surface area contributed by atoms with Crippen LogP contribution in [0, 0.1) is 12.8 Å². The zero-order valence-corrected chi connectivity index (χ0v) is 14.9. The predicted molar refractivity (Wildman–Crippen MR) is 94.1 cm³/mol. The van der Waals surface area contributed by atoms with Crippen LogP contribution >= 0.6 is 11.6 Å². The van der Waals surface area contributed by atoms with E-state index in [0.29, 0.717) is 36.3 Å². The van der Waals surface area contributed by atoms with Crippen LogP contribution in [0.2, 0.25) is 5.02 Å². The number of nitrogens with one attached hydrogen (secondary N) is 1. The second-order valence-corrected chi connectivity index (χ2v) is 6.80. The standard InChI is InChI=1S/C18H27ClN2O2/c1-14-5-3-7-16(19)18(14)23-12-10-20-17(22)9-8-15-6-4-11-21(2)13-15/h3,5,7,15H,4,6,8-13H2,1-2H3,(H,20,22). The van der Waals surface area contributed by atoms with E-state index in [2.05, 4.69) is 17.3 Å². The molecule has 1 heterocycles. The molecule has 1 fully saturated rings. The molecule has 4 nitrogen and oxygen atoms in total. The molecule has 1 amide bonds. The number of aryl methyl sites for hydroxylation is 1. The van der Waals surface area contributed by atoms with Gasteiger partial charge in [0, 0.05) is 13.0 Å². The molecule has 0 saturated carbocycles. The minimum Gasteiger partial charge on any atom is -0.490 e. The molecular weight excluding hydrogens is 312 g/mol. The molecule has 5 heteroatoms. The number of piperidine rings is 1. The summed E-state index contributed by atoms with van der Waals surface area (Å²) in [5, 5.41) is 3.53. The number of hydrogen-bond donors (Lipinski definition) is 1. The Morgan fingerprint density at radius 1 is 1.48 bits per heavy atom. The SMILES string of the molecule is Cc1cccc(Cl)c1OCCNC(=O)CCC1CCCN(C)C1. The summed E-state index contributed by atoms with van der Waals surface area (Å²) in [7, 11) is 2.15. The fraction of sp³-hybridized carbons (Fsp3) is 0.611. The summed E-state index contributed by atoms with van der Waals surface area (Å²) >= 11 is 6.10. The van der Waals surface area contributed by atoms with Crippen LogP contribution in [0.3, 0.4) is 0 Å². The highest BCUT2D eigenvalue weighted by Crippen LogP contribution is 2.27. The van der Waals surface area contributed by atoms with Gasteiger partial charge in [-0.3, -0.25) is 4.79 Å². The van der Waals surface area contributed by atoms with E-state index < -0.39 is 0 Å². The molecule has 23 heavy (non-hydrogen) atoms. The summed E-state index contributed by atoms with van der Waals surface area (Å²) in [6.07, 6.45) is 4.06. The summed E-state index contributed by atoms with van der Waals surface area (Å²) in [6.45, 7) is 5.20. The van der Waals surface area contributed by atoms with Gasteiger partial charge < -0.3 is 15.0 Å². The van der Waals surface area contributed by atoms with Crippen molar-refractivity contribution in [3.05, 3.63) is 28.8 Å². The van der Waals surface area contributed by atoms with E-state index in [1.165, 1.54) is 19.4 Å². The van der Waals surface area contributed by atoms with E-state index in [-0.39, 0.29) is 5.91 Å². The van der Waals surface area contributed by atoms with Crippen molar-refractivity contribution in [1.29, 1.82) is 0 Å². The van der Waals surface area contributed by atoms with Crippen LogP contribution in [0.1, 0.15) is 31.2 Å². The number of ether oxygens (including phenoxy) is 1. The van der Waals surface area contributed by atoms with E-state index in [9.17, 15) is 4.79 Å². The average Bonchev–Trinajstić information content (AvgIpc) is 2.52. The molecule has 1 aromatic rings. The van der Waals surface area contributed by atoms with Gasteiger partial charge in [-0.15, -0.1) is 0 Å². The Morgan fingerprint density at radius 2 is 2.30 bits per heavy atom. The number of para-hydroxylation sites is 1. The number of carbonyl (C=O) groups is 1. The number of halogens is 1. The number of hydrogen-bond acceptors (Lipinski definition) is 3. The molecule has 0 bridgehead atoms.